The highest BCUT2D eigenvalue weighted by Gasteiger charge is 2.06. The van der Waals surface area contributed by atoms with Crippen molar-refractivity contribution in [2.45, 2.75) is 70.9 Å². The van der Waals surface area contributed by atoms with Gasteiger partial charge in [0.05, 0.1) is 12.7 Å². The molecule has 0 saturated heterocycles. The fourth-order valence-electron chi connectivity index (χ4n) is 2.00. The Balaban J connectivity index is 3.25. The molecule has 20 heavy (non-hydrogen) atoms. The Morgan fingerprint density at radius 1 is 1.15 bits per heavy atom. The van der Waals surface area contributed by atoms with Gasteiger partial charge >= 0.3 is 0 Å². The van der Waals surface area contributed by atoms with Crippen LogP contribution in [-0.4, -0.2) is 49.0 Å². The summed E-state index contributed by atoms with van der Waals surface area (Å²) in [6.45, 7) is 6.27. The lowest BCUT2D eigenvalue weighted by Crippen LogP contribution is -2.36. The van der Waals surface area contributed by atoms with E-state index in [0.29, 0.717) is 19.2 Å². The van der Waals surface area contributed by atoms with E-state index in [1.165, 1.54) is 37.9 Å². The molecule has 0 aliphatic carbocycles. The molecule has 0 rings (SSSR count). The van der Waals surface area contributed by atoms with E-state index in [1.807, 2.05) is 11.8 Å². The van der Waals surface area contributed by atoms with Gasteiger partial charge in [-0.3, -0.25) is 0 Å². The first-order valence-electron chi connectivity index (χ1n) is 8.18. The maximum atomic E-state index is 9.80. The molecule has 2 atom stereocenters. The van der Waals surface area contributed by atoms with Crippen molar-refractivity contribution in [2.24, 2.45) is 0 Å². The molecule has 0 bridgehead atoms. The maximum absolute atomic E-state index is 9.80. The Morgan fingerprint density at radius 2 is 1.85 bits per heavy atom. The lowest BCUT2D eigenvalue weighted by Gasteiger charge is -2.17. The summed E-state index contributed by atoms with van der Waals surface area (Å²) in [6.07, 6.45) is 10.6. The third-order valence-electron chi connectivity index (χ3n) is 3.41. The highest BCUT2D eigenvalue weighted by Crippen LogP contribution is 2.05. The first-order chi connectivity index (χ1) is 9.70. The second-order valence-electron chi connectivity index (χ2n) is 5.59. The van der Waals surface area contributed by atoms with E-state index in [0.717, 1.165) is 19.4 Å². The molecule has 0 aliphatic heterocycles. The van der Waals surface area contributed by atoms with E-state index in [4.69, 9.17) is 4.74 Å². The first-order valence-corrected chi connectivity index (χ1v) is 9.58. The second-order valence-corrected chi connectivity index (χ2v) is 6.57. The monoisotopic (exact) mass is 305 g/mol. The minimum atomic E-state index is -0.383. The second kappa shape index (κ2) is 15.6. The van der Waals surface area contributed by atoms with Crippen LogP contribution < -0.4 is 5.32 Å². The van der Waals surface area contributed by atoms with Crippen LogP contribution in [0.25, 0.3) is 0 Å². The maximum Gasteiger partial charge on any atom is 0.0897 e. The van der Waals surface area contributed by atoms with Crippen LogP contribution in [-0.2, 0) is 4.74 Å². The van der Waals surface area contributed by atoms with Crippen LogP contribution >= 0.6 is 11.8 Å². The highest BCUT2D eigenvalue weighted by atomic mass is 32.2. The molecule has 0 spiro atoms. The summed E-state index contributed by atoms with van der Waals surface area (Å²) in [6, 6.07) is 0.468. The lowest BCUT2D eigenvalue weighted by molar-refractivity contribution is 0.0343. The van der Waals surface area contributed by atoms with Crippen molar-refractivity contribution in [1.29, 1.82) is 0 Å². The van der Waals surface area contributed by atoms with Gasteiger partial charge in [0, 0.05) is 19.2 Å². The molecular weight excluding hydrogens is 270 g/mol. The van der Waals surface area contributed by atoms with Crippen LogP contribution in [0.3, 0.4) is 0 Å². The Hall–Kier alpha value is 0.230. The summed E-state index contributed by atoms with van der Waals surface area (Å²) < 4.78 is 5.52. The number of nitrogens with one attached hydrogen (secondary N) is 1. The predicted octanol–water partition coefficient (Wildman–Crippen LogP) is 3.46. The molecule has 2 unspecified atom stereocenters. The zero-order chi connectivity index (χ0) is 15.1. The summed E-state index contributed by atoms with van der Waals surface area (Å²) in [5, 5.41) is 13.2. The van der Waals surface area contributed by atoms with E-state index in [9.17, 15) is 5.11 Å². The van der Waals surface area contributed by atoms with Crippen molar-refractivity contribution in [1.82, 2.24) is 5.32 Å². The molecule has 3 nitrogen and oxygen atoms in total. The number of aliphatic hydroxyl groups excluding tert-OH is 1. The van der Waals surface area contributed by atoms with Crippen molar-refractivity contribution in [3.8, 4) is 0 Å². The summed E-state index contributed by atoms with van der Waals surface area (Å²) in [5.41, 5.74) is 0. The third-order valence-corrected chi connectivity index (χ3v) is 4.05. The molecule has 0 aromatic carbocycles. The number of ether oxygens (including phenoxy) is 1. The molecule has 0 heterocycles. The van der Waals surface area contributed by atoms with Crippen molar-refractivity contribution >= 4 is 11.8 Å². The Labute approximate surface area is 130 Å². The number of thioether (sulfide) groups is 1. The fraction of sp³-hybridized carbons (Fsp3) is 1.00. The Bertz CT molecular complexity index is 193. The minimum absolute atomic E-state index is 0.383. The molecule has 0 fully saturated rings. The summed E-state index contributed by atoms with van der Waals surface area (Å²) in [4.78, 5) is 0. The number of hydrogen-bond donors (Lipinski definition) is 2. The van der Waals surface area contributed by atoms with Gasteiger partial charge in [-0.15, -0.1) is 0 Å². The minimum Gasteiger partial charge on any atom is -0.389 e. The largest absolute Gasteiger partial charge is 0.389 e. The van der Waals surface area contributed by atoms with E-state index in [-0.39, 0.29) is 6.10 Å². The number of aliphatic hydroxyl groups is 1. The van der Waals surface area contributed by atoms with Crippen LogP contribution in [0.5, 0.6) is 0 Å². The van der Waals surface area contributed by atoms with Gasteiger partial charge in [-0.05, 0) is 31.8 Å². The Morgan fingerprint density at radius 3 is 2.55 bits per heavy atom. The predicted molar refractivity (Wildman–Crippen MR) is 90.7 cm³/mol. The quantitative estimate of drug-likeness (QED) is 0.455. The van der Waals surface area contributed by atoms with Crippen molar-refractivity contribution < 1.29 is 9.84 Å². The molecule has 0 saturated carbocycles. The van der Waals surface area contributed by atoms with Gasteiger partial charge in [0.1, 0.15) is 0 Å². The van der Waals surface area contributed by atoms with E-state index >= 15 is 0 Å². The van der Waals surface area contributed by atoms with Gasteiger partial charge in [0.15, 0.2) is 0 Å². The van der Waals surface area contributed by atoms with E-state index in [1.54, 1.807) is 0 Å². The average molecular weight is 306 g/mol. The van der Waals surface area contributed by atoms with Crippen molar-refractivity contribution in [3.63, 3.8) is 0 Å². The summed E-state index contributed by atoms with van der Waals surface area (Å²) in [5.74, 6) is 1.17. The smallest absolute Gasteiger partial charge is 0.0897 e. The molecular formula is C16H35NO2S. The van der Waals surface area contributed by atoms with Crippen LogP contribution in [0, 0.1) is 0 Å². The number of rotatable bonds is 15. The van der Waals surface area contributed by atoms with Crippen LogP contribution in [0.15, 0.2) is 0 Å². The molecule has 2 N–H and O–H groups in total. The molecule has 0 amide bonds. The fourth-order valence-corrected chi connectivity index (χ4v) is 2.59. The van der Waals surface area contributed by atoms with Crippen LogP contribution in [0.4, 0.5) is 0 Å². The summed E-state index contributed by atoms with van der Waals surface area (Å²) >= 11 is 1.86. The molecule has 0 aromatic rings. The molecule has 0 aromatic heterocycles. The normalized spacial score (nSPS) is 14.4. The topological polar surface area (TPSA) is 41.5 Å². The molecule has 122 valence electrons. The van der Waals surface area contributed by atoms with E-state index in [2.05, 4.69) is 25.4 Å². The Kier molecular flexibility index (Phi) is 15.8. The van der Waals surface area contributed by atoms with Gasteiger partial charge in [-0.1, -0.05) is 39.0 Å². The average Bonchev–Trinajstić information content (AvgIpc) is 2.45. The van der Waals surface area contributed by atoms with Gasteiger partial charge in [-0.2, -0.15) is 11.8 Å². The highest BCUT2D eigenvalue weighted by molar-refractivity contribution is 7.98. The van der Waals surface area contributed by atoms with Gasteiger partial charge < -0.3 is 15.2 Å². The third kappa shape index (κ3) is 14.6. The van der Waals surface area contributed by atoms with Gasteiger partial charge in [-0.25, -0.2) is 0 Å². The zero-order valence-electron chi connectivity index (χ0n) is 13.7. The first kappa shape index (κ1) is 20.2. The number of hydrogen-bond acceptors (Lipinski definition) is 4. The van der Waals surface area contributed by atoms with Crippen molar-refractivity contribution in [2.75, 3.05) is 31.8 Å². The van der Waals surface area contributed by atoms with Crippen LogP contribution in [0.1, 0.15) is 58.8 Å². The summed E-state index contributed by atoms with van der Waals surface area (Å²) in [7, 11) is 0. The zero-order valence-corrected chi connectivity index (χ0v) is 14.5. The molecule has 4 heteroatoms. The van der Waals surface area contributed by atoms with Crippen LogP contribution in [0.2, 0.25) is 0 Å². The standard InChI is InChI=1S/C16H35NO2S/c1-4-5-6-7-8-9-11-19-14-16(18)13-17-15(2)10-12-20-3/h15-18H,4-14H2,1-3H3. The lowest BCUT2D eigenvalue weighted by atomic mass is 10.1. The van der Waals surface area contributed by atoms with Crippen molar-refractivity contribution in [3.05, 3.63) is 0 Å². The molecule has 0 aliphatic rings. The SMILES string of the molecule is CCCCCCCCOCC(O)CNC(C)CCSC. The van der Waals surface area contributed by atoms with Gasteiger partial charge in [0.2, 0.25) is 0 Å². The van der Waals surface area contributed by atoms with E-state index < -0.39 is 0 Å². The van der Waals surface area contributed by atoms with Gasteiger partial charge in [0.25, 0.3) is 0 Å². The molecule has 0 radical (unpaired) electrons. The number of unbranched alkanes of at least 4 members (excludes halogenated alkanes) is 5.